The summed E-state index contributed by atoms with van der Waals surface area (Å²) in [6, 6.07) is 0.517. The second-order valence-electron chi connectivity index (χ2n) is 4.18. The Bertz CT molecular complexity index is 736. The molecule has 118 valence electrons. The van der Waals surface area contributed by atoms with Crippen molar-refractivity contribution in [3.8, 4) is 10.6 Å². The molecule has 5 nitrogen and oxygen atoms in total. The fourth-order valence-electron chi connectivity index (χ4n) is 1.72. The Labute approximate surface area is 125 Å². The second-order valence-corrected chi connectivity index (χ2v) is 5.27. The molecule has 0 amide bonds. The highest BCUT2D eigenvalue weighted by Crippen LogP contribution is 2.32. The van der Waals surface area contributed by atoms with Gasteiger partial charge in [-0.25, -0.2) is 22.5 Å². The molecule has 0 aliphatic heterocycles. The molecule has 0 unspecified atom stereocenters. The zero-order valence-corrected chi connectivity index (χ0v) is 11.8. The van der Waals surface area contributed by atoms with Crippen LogP contribution in [0.3, 0.4) is 0 Å². The summed E-state index contributed by atoms with van der Waals surface area (Å²) in [5.74, 6) is -6.88. The molecule has 1 heterocycles. The third-order valence-electron chi connectivity index (χ3n) is 2.75. The van der Waals surface area contributed by atoms with Gasteiger partial charge in [0.25, 0.3) is 5.09 Å². The van der Waals surface area contributed by atoms with Crippen molar-refractivity contribution in [3.63, 3.8) is 0 Å². The lowest BCUT2D eigenvalue weighted by molar-refractivity contribution is -0.757. The van der Waals surface area contributed by atoms with E-state index in [4.69, 9.17) is 0 Å². The van der Waals surface area contributed by atoms with Gasteiger partial charge in [0.1, 0.15) is 11.6 Å². The number of hydrogen-bond donors (Lipinski definition) is 0. The van der Waals surface area contributed by atoms with E-state index in [0.717, 1.165) is 11.3 Å². The molecule has 0 radical (unpaired) electrons. The van der Waals surface area contributed by atoms with Crippen LogP contribution in [0.2, 0.25) is 0 Å². The van der Waals surface area contributed by atoms with Crippen LogP contribution >= 0.6 is 11.3 Å². The number of nitrogens with zero attached hydrogens (tertiary/aromatic N) is 2. The van der Waals surface area contributed by atoms with Gasteiger partial charge in [0.05, 0.1) is 11.3 Å². The molecule has 10 heteroatoms. The summed E-state index contributed by atoms with van der Waals surface area (Å²) in [5.41, 5.74) is -0.0950. The Balaban J connectivity index is 2.33. The van der Waals surface area contributed by atoms with Gasteiger partial charge in [-0.15, -0.1) is 21.5 Å². The monoisotopic (exact) mass is 336 g/mol. The van der Waals surface area contributed by atoms with Crippen LogP contribution in [-0.2, 0) is 11.3 Å². The van der Waals surface area contributed by atoms with Crippen molar-refractivity contribution in [2.75, 3.05) is 6.61 Å². The van der Waals surface area contributed by atoms with E-state index in [2.05, 4.69) is 9.82 Å². The van der Waals surface area contributed by atoms with Gasteiger partial charge in [-0.2, -0.15) is 0 Å². The molecule has 2 aromatic rings. The SMILES string of the molecule is Cc1nc(-c2cc(F)c(F)c(F)c2F)sc1CCO[N+](=O)[O-]. The Hall–Kier alpha value is -2.23. The van der Waals surface area contributed by atoms with Crippen molar-refractivity contribution in [2.24, 2.45) is 0 Å². The molecule has 0 spiro atoms. The number of aryl methyl sites for hydroxylation is 1. The van der Waals surface area contributed by atoms with E-state index in [-0.39, 0.29) is 18.0 Å². The largest absolute Gasteiger partial charge is 0.314 e. The van der Waals surface area contributed by atoms with Gasteiger partial charge in [0.15, 0.2) is 23.3 Å². The molecular weight excluding hydrogens is 328 g/mol. The van der Waals surface area contributed by atoms with Gasteiger partial charge in [0.2, 0.25) is 0 Å². The third kappa shape index (κ3) is 3.16. The summed E-state index contributed by atoms with van der Waals surface area (Å²) in [6.07, 6.45) is 0.123. The highest BCUT2D eigenvalue weighted by molar-refractivity contribution is 7.15. The average Bonchev–Trinajstić information content (AvgIpc) is 2.81. The predicted octanol–water partition coefficient (Wildman–Crippen LogP) is 3.43. The Kier molecular flexibility index (Phi) is 4.59. The Morgan fingerprint density at radius 2 is 1.95 bits per heavy atom. The van der Waals surface area contributed by atoms with Gasteiger partial charge in [-0.3, -0.25) is 0 Å². The lowest BCUT2D eigenvalue weighted by Gasteiger charge is -2.02. The first-order chi connectivity index (χ1) is 10.3. The number of hydrogen-bond acceptors (Lipinski definition) is 5. The topological polar surface area (TPSA) is 65.3 Å². The van der Waals surface area contributed by atoms with Crippen molar-refractivity contribution < 1.29 is 27.5 Å². The normalized spacial score (nSPS) is 10.8. The zero-order valence-electron chi connectivity index (χ0n) is 11.0. The lowest BCUT2D eigenvalue weighted by Crippen LogP contribution is -2.04. The lowest BCUT2D eigenvalue weighted by atomic mass is 10.2. The highest BCUT2D eigenvalue weighted by Gasteiger charge is 2.22. The molecular formula is C12H8F4N2O3S. The molecule has 2 rings (SSSR count). The van der Waals surface area contributed by atoms with E-state index in [1.807, 2.05) is 0 Å². The fraction of sp³-hybridized carbons (Fsp3) is 0.250. The smallest absolute Gasteiger partial charge is 0.294 e. The summed E-state index contributed by atoms with van der Waals surface area (Å²) in [6.45, 7) is 1.32. The van der Waals surface area contributed by atoms with Crippen LogP contribution in [0.4, 0.5) is 17.6 Å². The molecule has 0 bridgehead atoms. The van der Waals surface area contributed by atoms with Crippen LogP contribution in [-0.4, -0.2) is 16.7 Å². The van der Waals surface area contributed by atoms with Crippen LogP contribution in [0.15, 0.2) is 6.07 Å². The number of halogens is 4. The van der Waals surface area contributed by atoms with E-state index in [1.165, 1.54) is 0 Å². The number of rotatable bonds is 5. The number of aromatic nitrogens is 1. The van der Waals surface area contributed by atoms with E-state index in [0.29, 0.717) is 16.6 Å². The molecule has 0 saturated carbocycles. The molecule has 1 aromatic heterocycles. The fourth-order valence-corrected chi connectivity index (χ4v) is 2.77. The van der Waals surface area contributed by atoms with Crippen LogP contribution < -0.4 is 0 Å². The number of thiazole rings is 1. The zero-order chi connectivity index (χ0) is 16.4. The van der Waals surface area contributed by atoms with Crippen LogP contribution in [0.25, 0.3) is 10.6 Å². The maximum atomic E-state index is 13.7. The van der Waals surface area contributed by atoms with Gasteiger partial charge < -0.3 is 4.84 Å². The maximum absolute atomic E-state index is 13.7. The van der Waals surface area contributed by atoms with Crippen LogP contribution in [0.5, 0.6) is 0 Å². The van der Waals surface area contributed by atoms with E-state index in [9.17, 15) is 27.7 Å². The van der Waals surface area contributed by atoms with Gasteiger partial charge >= 0.3 is 0 Å². The van der Waals surface area contributed by atoms with Gasteiger partial charge in [-0.05, 0) is 13.0 Å². The van der Waals surface area contributed by atoms with Crippen molar-refractivity contribution in [1.82, 2.24) is 4.98 Å². The molecule has 0 aliphatic rings. The van der Waals surface area contributed by atoms with Crippen molar-refractivity contribution in [2.45, 2.75) is 13.3 Å². The molecule has 0 aliphatic carbocycles. The summed E-state index contributed by atoms with van der Waals surface area (Å²) < 4.78 is 53.1. The first kappa shape index (κ1) is 16.1. The van der Waals surface area contributed by atoms with Gasteiger partial charge in [-0.1, -0.05) is 0 Å². The van der Waals surface area contributed by atoms with Crippen molar-refractivity contribution in [3.05, 3.63) is 50.0 Å². The van der Waals surface area contributed by atoms with Crippen molar-refractivity contribution in [1.29, 1.82) is 0 Å². The van der Waals surface area contributed by atoms with Crippen molar-refractivity contribution >= 4 is 11.3 Å². The van der Waals surface area contributed by atoms with Crippen LogP contribution in [0.1, 0.15) is 10.6 Å². The minimum absolute atomic E-state index is 0.0519. The summed E-state index contributed by atoms with van der Waals surface area (Å²) in [4.78, 5) is 18.7. The average molecular weight is 336 g/mol. The quantitative estimate of drug-likeness (QED) is 0.276. The van der Waals surface area contributed by atoms with E-state index < -0.39 is 33.9 Å². The summed E-state index contributed by atoms with van der Waals surface area (Å²) in [5, 5.41) is 9.05. The minimum atomic E-state index is -1.92. The van der Waals surface area contributed by atoms with Crippen LogP contribution in [0, 0.1) is 40.3 Å². The number of benzene rings is 1. The highest BCUT2D eigenvalue weighted by atomic mass is 32.1. The molecule has 0 fully saturated rings. The Morgan fingerprint density at radius 3 is 2.59 bits per heavy atom. The summed E-state index contributed by atoms with van der Waals surface area (Å²) in [7, 11) is 0. The standard InChI is InChI=1S/C12H8F4N2O3S/c1-5-8(2-3-21-18(19)20)22-12(17-5)6-4-7(13)10(15)11(16)9(6)14/h4H,2-3H2,1H3. The van der Waals surface area contributed by atoms with E-state index in [1.54, 1.807) is 6.92 Å². The third-order valence-corrected chi connectivity index (χ3v) is 4.00. The van der Waals surface area contributed by atoms with Gasteiger partial charge in [0, 0.05) is 11.3 Å². The second kappa shape index (κ2) is 6.26. The molecule has 0 N–H and O–H groups in total. The molecule has 22 heavy (non-hydrogen) atoms. The minimum Gasteiger partial charge on any atom is -0.314 e. The molecule has 0 saturated heterocycles. The summed E-state index contributed by atoms with van der Waals surface area (Å²) >= 11 is 0.892. The Morgan fingerprint density at radius 1 is 1.27 bits per heavy atom. The molecule has 0 atom stereocenters. The maximum Gasteiger partial charge on any atom is 0.294 e. The first-order valence-corrected chi connectivity index (χ1v) is 6.70. The predicted molar refractivity (Wildman–Crippen MR) is 68.8 cm³/mol. The first-order valence-electron chi connectivity index (χ1n) is 5.88. The van der Waals surface area contributed by atoms with E-state index >= 15 is 0 Å². The molecule has 1 aromatic carbocycles.